The number of fused-ring (bicyclic) bond motifs is 2. The van der Waals surface area contributed by atoms with Gasteiger partial charge in [-0.1, -0.05) is 12.5 Å². The number of hydrogen-bond acceptors (Lipinski definition) is 6. The highest BCUT2D eigenvalue weighted by Crippen LogP contribution is 2.44. The molecule has 0 radical (unpaired) electrons. The number of amides is 1. The molecule has 4 atom stereocenters. The summed E-state index contributed by atoms with van der Waals surface area (Å²) in [6.45, 7) is 1.38. The number of thiophene rings is 1. The van der Waals surface area contributed by atoms with Crippen molar-refractivity contribution in [3.05, 3.63) is 46.8 Å². The lowest BCUT2D eigenvalue weighted by Crippen LogP contribution is -2.43. The SMILES string of the molecule is COc1cccc(C(=O)NCc2ccc(S(=O)(=O)N3CCC(N[C@@H]4C[C@@H]5CC[C@@H]4C5)C3)s2)c1. The van der Waals surface area contributed by atoms with E-state index in [4.69, 9.17) is 4.74 Å². The van der Waals surface area contributed by atoms with E-state index >= 15 is 0 Å². The van der Waals surface area contributed by atoms with Crippen molar-refractivity contribution in [1.29, 1.82) is 0 Å². The third-order valence-corrected chi connectivity index (χ3v) is 10.7. The van der Waals surface area contributed by atoms with Crippen LogP contribution >= 0.6 is 11.3 Å². The largest absolute Gasteiger partial charge is 0.497 e. The predicted molar refractivity (Wildman–Crippen MR) is 128 cm³/mol. The molecule has 1 aliphatic heterocycles. The highest BCUT2D eigenvalue weighted by molar-refractivity contribution is 7.91. The summed E-state index contributed by atoms with van der Waals surface area (Å²) in [5.74, 6) is 2.06. The minimum absolute atomic E-state index is 0.221. The number of carbonyl (C=O) groups excluding carboxylic acids is 1. The molecule has 2 N–H and O–H groups in total. The third kappa shape index (κ3) is 4.82. The summed E-state index contributed by atoms with van der Waals surface area (Å²) in [5, 5.41) is 6.62. The number of ether oxygens (including phenoxy) is 1. The maximum absolute atomic E-state index is 13.2. The fourth-order valence-corrected chi connectivity index (χ4v) is 8.54. The minimum Gasteiger partial charge on any atom is -0.497 e. The zero-order valence-corrected chi connectivity index (χ0v) is 20.5. The third-order valence-electron chi connectivity index (χ3n) is 7.33. The molecule has 178 valence electrons. The Labute approximate surface area is 199 Å². The highest BCUT2D eigenvalue weighted by Gasteiger charge is 2.42. The topological polar surface area (TPSA) is 87.7 Å². The normalized spacial score (nSPS) is 27.2. The molecule has 2 aliphatic carbocycles. The van der Waals surface area contributed by atoms with E-state index < -0.39 is 10.0 Å². The number of carbonyl (C=O) groups is 1. The Balaban J connectivity index is 1.16. The highest BCUT2D eigenvalue weighted by atomic mass is 32.2. The van der Waals surface area contributed by atoms with Crippen LogP contribution in [-0.2, 0) is 16.6 Å². The van der Waals surface area contributed by atoms with E-state index in [9.17, 15) is 13.2 Å². The van der Waals surface area contributed by atoms with Gasteiger partial charge in [-0.3, -0.25) is 4.79 Å². The van der Waals surface area contributed by atoms with Crippen molar-refractivity contribution in [2.45, 2.75) is 54.9 Å². The fraction of sp³-hybridized carbons (Fsp3) is 0.542. The van der Waals surface area contributed by atoms with Gasteiger partial charge in [-0.05, 0) is 67.9 Å². The van der Waals surface area contributed by atoms with Crippen LogP contribution in [0, 0.1) is 11.8 Å². The lowest BCUT2D eigenvalue weighted by Gasteiger charge is -2.26. The van der Waals surface area contributed by atoms with Gasteiger partial charge in [0, 0.05) is 35.6 Å². The summed E-state index contributed by atoms with van der Waals surface area (Å²) in [4.78, 5) is 13.2. The van der Waals surface area contributed by atoms with Crippen molar-refractivity contribution >= 4 is 27.3 Å². The number of sulfonamides is 1. The maximum Gasteiger partial charge on any atom is 0.252 e. The summed E-state index contributed by atoms with van der Waals surface area (Å²) in [6, 6.07) is 11.2. The Morgan fingerprint density at radius 2 is 2.06 bits per heavy atom. The molecule has 2 aromatic rings. The van der Waals surface area contributed by atoms with Gasteiger partial charge in [0.15, 0.2) is 0 Å². The van der Waals surface area contributed by atoms with Crippen LogP contribution in [0.4, 0.5) is 0 Å². The Bertz CT molecular complexity index is 1120. The number of methoxy groups -OCH3 is 1. The quantitative estimate of drug-likeness (QED) is 0.595. The van der Waals surface area contributed by atoms with E-state index in [0.717, 1.165) is 23.1 Å². The molecule has 1 aromatic carbocycles. The van der Waals surface area contributed by atoms with Gasteiger partial charge in [-0.2, -0.15) is 4.31 Å². The van der Waals surface area contributed by atoms with Crippen LogP contribution in [0.5, 0.6) is 5.75 Å². The number of rotatable bonds is 8. The van der Waals surface area contributed by atoms with Crippen LogP contribution in [0.1, 0.15) is 47.3 Å². The molecule has 1 unspecified atom stereocenters. The summed E-state index contributed by atoms with van der Waals surface area (Å²) in [5.41, 5.74) is 0.504. The smallest absolute Gasteiger partial charge is 0.252 e. The van der Waals surface area contributed by atoms with Crippen molar-refractivity contribution in [3.8, 4) is 5.75 Å². The molecule has 3 fully saturated rings. The van der Waals surface area contributed by atoms with Gasteiger partial charge < -0.3 is 15.4 Å². The van der Waals surface area contributed by atoms with Crippen molar-refractivity contribution in [1.82, 2.24) is 14.9 Å². The van der Waals surface area contributed by atoms with Gasteiger partial charge in [-0.25, -0.2) is 8.42 Å². The predicted octanol–water partition coefficient (Wildman–Crippen LogP) is 3.23. The Kier molecular flexibility index (Phi) is 6.48. The zero-order chi connectivity index (χ0) is 23.0. The summed E-state index contributed by atoms with van der Waals surface area (Å²) in [7, 11) is -1.95. The Morgan fingerprint density at radius 1 is 1.18 bits per heavy atom. The van der Waals surface area contributed by atoms with E-state index in [1.807, 2.05) is 0 Å². The molecule has 5 rings (SSSR count). The van der Waals surface area contributed by atoms with Crippen molar-refractivity contribution < 1.29 is 17.9 Å². The minimum atomic E-state index is -3.51. The molecular weight excluding hydrogens is 458 g/mol. The molecule has 2 bridgehead atoms. The van der Waals surface area contributed by atoms with Gasteiger partial charge in [0.25, 0.3) is 15.9 Å². The van der Waals surface area contributed by atoms with Crippen LogP contribution in [0.25, 0.3) is 0 Å². The second kappa shape index (κ2) is 9.37. The zero-order valence-electron chi connectivity index (χ0n) is 18.8. The molecule has 33 heavy (non-hydrogen) atoms. The first-order valence-corrected chi connectivity index (χ1v) is 13.9. The molecule has 9 heteroatoms. The van der Waals surface area contributed by atoms with Crippen molar-refractivity contribution in [2.24, 2.45) is 11.8 Å². The second-order valence-electron chi connectivity index (χ2n) is 9.43. The number of benzene rings is 1. The lowest BCUT2D eigenvalue weighted by atomic mass is 9.94. The first kappa shape index (κ1) is 22.8. The van der Waals surface area contributed by atoms with Crippen LogP contribution in [0.2, 0.25) is 0 Å². The molecule has 1 saturated heterocycles. The van der Waals surface area contributed by atoms with Gasteiger partial charge in [-0.15, -0.1) is 11.3 Å². The molecular formula is C24H31N3O4S2. The molecule has 3 aliphatic rings. The number of nitrogens with zero attached hydrogens (tertiary/aromatic N) is 1. The summed E-state index contributed by atoms with van der Waals surface area (Å²) >= 11 is 1.23. The average Bonchev–Trinajstić information content (AvgIpc) is 3.62. The number of hydrogen-bond donors (Lipinski definition) is 2. The number of nitrogens with one attached hydrogen (secondary N) is 2. The monoisotopic (exact) mass is 489 g/mol. The van der Waals surface area contributed by atoms with Crippen molar-refractivity contribution in [3.63, 3.8) is 0 Å². The van der Waals surface area contributed by atoms with Gasteiger partial charge >= 0.3 is 0 Å². The van der Waals surface area contributed by atoms with E-state index in [-0.39, 0.29) is 18.5 Å². The Morgan fingerprint density at radius 3 is 2.82 bits per heavy atom. The molecule has 0 spiro atoms. The fourth-order valence-electron chi connectivity index (χ4n) is 5.59. The van der Waals surface area contributed by atoms with E-state index in [2.05, 4.69) is 10.6 Å². The van der Waals surface area contributed by atoms with E-state index in [1.54, 1.807) is 47.8 Å². The average molecular weight is 490 g/mol. The molecule has 1 aromatic heterocycles. The van der Waals surface area contributed by atoms with Gasteiger partial charge in [0.05, 0.1) is 13.7 Å². The maximum atomic E-state index is 13.2. The molecule has 1 amide bonds. The first-order valence-electron chi connectivity index (χ1n) is 11.7. The standard InChI is InChI=1S/C24H31N3O4S2/c1-31-20-4-2-3-18(13-20)24(28)25-14-21-7-8-23(32-21)33(29,30)27-10-9-19(15-27)26-22-12-16-5-6-17(22)11-16/h2-4,7-8,13,16-17,19,22,26H,5-6,9-12,14-15H2,1H3,(H,25,28)/t16-,17-,19?,22-/m1/s1. The summed E-state index contributed by atoms with van der Waals surface area (Å²) in [6.07, 6.45) is 6.16. The van der Waals surface area contributed by atoms with Crippen molar-refractivity contribution in [2.75, 3.05) is 20.2 Å². The first-order chi connectivity index (χ1) is 15.9. The molecule has 2 saturated carbocycles. The lowest BCUT2D eigenvalue weighted by molar-refractivity contribution is 0.0951. The van der Waals surface area contributed by atoms with Crippen LogP contribution in [-0.4, -0.2) is 50.9 Å². The van der Waals surface area contributed by atoms with E-state index in [0.29, 0.717) is 34.7 Å². The molecule has 7 nitrogen and oxygen atoms in total. The second-order valence-corrected chi connectivity index (χ2v) is 12.8. The van der Waals surface area contributed by atoms with Crippen LogP contribution in [0.3, 0.4) is 0 Å². The summed E-state index contributed by atoms with van der Waals surface area (Å²) < 4.78 is 33.5. The molecule has 2 heterocycles. The van der Waals surface area contributed by atoms with Crippen LogP contribution < -0.4 is 15.4 Å². The van der Waals surface area contributed by atoms with Crippen LogP contribution in [0.15, 0.2) is 40.6 Å². The van der Waals surface area contributed by atoms with Gasteiger partial charge in [0.1, 0.15) is 9.96 Å². The van der Waals surface area contributed by atoms with Gasteiger partial charge in [0.2, 0.25) is 0 Å². The van der Waals surface area contributed by atoms with E-state index in [1.165, 1.54) is 37.0 Å². The Hall–Kier alpha value is -1.94.